The standard InChI is InChI=1S/C12H12BrNO3S2/c1-8-7-18-11(6-15)12(8)19(16,17)14-10-4-2-3-9(13)5-10/h2-5,7,14-15H,6H2,1H3. The minimum absolute atomic E-state index is 0.167. The van der Waals surface area contributed by atoms with Gasteiger partial charge in [-0.1, -0.05) is 22.0 Å². The third-order valence-corrected chi connectivity index (χ3v) is 5.80. The predicted octanol–water partition coefficient (Wildman–Crippen LogP) is 3.11. The summed E-state index contributed by atoms with van der Waals surface area (Å²) in [7, 11) is -3.68. The third-order valence-electron chi connectivity index (χ3n) is 2.48. The molecule has 1 aromatic heterocycles. The van der Waals surface area contributed by atoms with Crippen LogP contribution in [0.2, 0.25) is 0 Å². The molecule has 0 spiro atoms. The van der Waals surface area contributed by atoms with Gasteiger partial charge in [0.25, 0.3) is 10.0 Å². The van der Waals surface area contributed by atoms with Crippen molar-refractivity contribution in [1.82, 2.24) is 0 Å². The summed E-state index contributed by atoms with van der Waals surface area (Å²) in [5, 5.41) is 10.9. The molecule has 0 saturated heterocycles. The molecule has 0 saturated carbocycles. The van der Waals surface area contributed by atoms with Gasteiger partial charge < -0.3 is 5.11 Å². The van der Waals surface area contributed by atoms with Crippen LogP contribution < -0.4 is 4.72 Å². The van der Waals surface area contributed by atoms with Crippen LogP contribution in [0.3, 0.4) is 0 Å². The van der Waals surface area contributed by atoms with E-state index in [1.54, 1.807) is 30.5 Å². The number of thiophene rings is 1. The van der Waals surface area contributed by atoms with Crippen molar-refractivity contribution < 1.29 is 13.5 Å². The highest BCUT2D eigenvalue weighted by Gasteiger charge is 2.22. The number of anilines is 1. The maximum atomic E-state index is 12.3. The summed E-state index contributed by atoms with van der Waals surface area (Å²) in [4.78, 5) is 0.611. The molecule has 2 aromatic rings. The summed E-state index contributed by atoms with van der Waals surface area (Å²) in [5.74, 6) is 0. The summed E-state index contributed by atoms with van der Waals surface area (Å²) in [6, 6.07) is 6.91. The number of nitrogens with one attached hydrogen (secondary N) is 1. The van der Waals surface area contributed by atoms with Crippen molar-refractivity contribution in [3.05, 3.63) is 44.6 Å². The van der Waals surface area contributed by atoms with Crippen LogP contribution in [-0.4, -0.2) is 13.5 Å². The maximum Gasteiger partial charge on any atom is 0.263 e. The van der Waals surface area contributed by atoms with Crippen LogP contribution >= 0.6 is 27.3 Å². The molecule has 102 valence electrons. The van der Waals surface area contributed by atoms with E-state index < -0.39 is 10.0 Å². The zero-order chi connectivity index (χ0) is 14.0. The lowest BCUT2D eigenvalue weighted by atomic mass is 10.3. The van der Waals surface area contributed by atoms with Crippen LogP contribution in [0.1, 0.15) is 10.4 Å². The number of aliphatic hydroxyl groups excluding tert-OH is 1. The van der Waals surface area contributed by atoms with Gasteiger partial charge in [0.2, 0.25) is 0 Å². The monoisotopic (exact) mass is 361 g/mol. The Kier molecular flexibility index (Phi) is 4.29. The molecule has 7 heteroatoms. The van der Waals surface area contributed by atoms with E-state index in [1.165, 1.54) is 11.3 Å². The van der Waals surface area contributed by atoms with Crippen LogP contribution in [0.15, 0.2) is 39.0 Å². The zero-order valence-electron chi connectivity index (χ0n) is 10.1. The van der Waals surface area contributed by atoms with Crippen molar-refractivity contribution >= 4 is 43.0 Å². The Hall–Kier alpha value is -0.890. The van der Waals surface area contributed by atoms with Crippen LogP contribution in [0.4, 0.5) is 5.69 Å². The number of halogens is 1. The van der Waals surface area contributed by atoms with Crippen molar-refractivity contribution in [3.63, 3.8) is 0 Å². The van der Waals surface area contributed by atoms with Crippen molar-refractivity contribution in [2.45, 2.75) is 18.4 Å². The molecule has 0 aliphatic rings. The van der Waals surface area contributed by atoms with E-state index in [0.29, 0.717) is 16.1 Å². The Morgan fingerprint density at radius 1 is 1.42 bits per heavy atom. The SMILES string of the molecule is Cc1csc(CO)c1S(=O)(=O)Nc1cccc(Br)c1. The molecule has 4 nitrogen and oxygen atoms in total. The number of hydrogen-bond acceptors (Lipinski definition) is 4. The van der Waals surface area contributed by atoms with Gasteiger partial charge in [0.05, 0.1) is 11.5 Å². The first-order valence-electron chi connectivity index (χ1n) is 5.40. The van der Waals surface area contributed by atoms with E-state index in [2.05, 4.69) is 20.7 Å². The summed E-state index contributed by atoms with van der Waals surface area (Å²) in [6.07, 6.45) is 0. The van der Waals surface area contributed by atoms with Crippen molar-refractivity contribution in [3.8, 4) is 0 Å². The van der Waals surface area contributed by atoms with Gasteiger partial charge in [-0.25, -0.2) is 8.42 Å². The van der Waals surface area contributed by atoms with Crippen LogP contribution in [-0.2, 0) is 16.6 Å². The molecule has 0 amide bonds. The Morgan fingerprint density at radius 3 is 2.79 bits per heavy atom. The normalized spacial score (nSPS) is 11.5. The fourth-order valence-electron chi connectivity index (χ4n) is 1.72. The molecule has 19 heavy (non-hydrogen) atoms. The fourth-order valence-corrected chi connectivity index (χ4v) is 4.83. The average Bonchev–Trinajstić information content (AvgIpc) is 2.70. The topological polar surface area (TPSA) is 66.4 Å². The number of aliphatic hydroxyl groups is 1. The molecule has 0 radical (unpaired) electrons. The van der Waals surface area contributed by atoms with Gasteiger partial charge in [0.15, 0.2) is 0 Å². The molecule has 1 aromatic carbocycles. The molecular formula is C12H12BrNO3S2. The molecule has 0 bridgehead atoms. The van der Waals surface area contributed by atoms with Gasteiger partial charge in [0.1, 0.15) is 4.90 Å². The first-order valence-corrected chi connectivity index (χ1v) is 8.56. The summed E-state index contributed by atoms with van der Waals surface area (Å²) in [6.45, 7) is 1.43. The summed E-state index contributed by atoms with van der Waals surface area (Å²) >= 11 is 4.53. The van der Waals surface area contributed by atoms with Gasteiger partial charge >= 0.3 is 0 Å². The first-order chi connectivity index (χ1) is 8.94. The smallest absolute Gasteiger partial charge is 0.263 e. The van der Waals surface area contributed by atoms with Crippen molar-refractivity contribution in [2.24, 2.45) is 0 Å². The van der Waals surface area contributed by atoms with E-state index >= 15 is 0 Å². The van der Waals surface area contributed by atoms with Gasteiger partial charge in [-0.05, 0) is 36.1 Å². The first kappa shape index (κ1) is 14.5. The summed E-state index contributed by atoms with van der Waals surface area (Å²) < 4.78 is 28.0. The number of sulfonamides is 1. The fraction of sp³-hybridized carbons (Fsp3) is 0.167. The molecule has 0 fully saturated rings. The molecule has 1 heterocycles. The largest absolute Gasteiger partial charge is 0.391 e. The Morgan fingerprint density at radius 2 is 2.16 bits per heavy atom. The molecule has 0 atom stereocenters. The molecule has 0 unspecified atom stereocenters. The number of benzene rings is 1. The van der Waals surface area contributed by atoms with E-state index in [-0.39, 0.29) is 11.5 Å². The highest BCUT2D eigenvalue weighted by molar-refractivity contribution is 9.10. The van der Waals surface area contributed by atoms with E-state index in [9.17, 15) is 13.5 Å². The lowest BCUT2D eigenvalue weighted by Gasteiger charge is -2.09. The quantitative estimate of drug-likeness (QED) is 0.878. The predicted molar refractivity (Wildman–Crippen MR) is 79.9 cm³/mol. The van der Waals surface area contributed by atoms with Gasteiger partial charge in [-0.3, -0.25) is 4.72 Å². The van der Waals surface area contributed by atoms with E-state index in [1.807, 2.05) is 6.07 Å². The maximum absolute atomic E-state index is 12.3. The van der Waals surface area contributed by atoms with Crippen LogP contribution in [0.25, 0.3) is 0 Å². The molecule has 2 N–H and O–H groups in total. The third kappa shape index (κ3) is 3.17. The van der Waals surface area contributed by atoms with Gasteiger partial charge in [-0.2, -0.15) is 0 Å². The number of hydrogen-bond donors (Lipinski definition) is 2. The lowest BCUT2D eigenvalue weighted by Crippen LogP contribution is -2.14. The molecule has 0 aliphatic heterocycles. The lowest BCUT2D eigenvalue weighted by molar-refractivity contribution is 0.282. The minimum Gasteiger partial charge on any atom is -0.391 e. The summed E-state index contributed by atoms with van der Waals surface area (Å²) in [5.41, 5.74) is 1.11. The van der Waals surface area contributed by atoms with Crippen LogP contribution in [0, 0.1) is 6.92 Å². The highest BCUT2D eigenvalue weighted by Crippen LogP contribution is 2.29. The Bertz CT molecular complexity index is 695. The molecular weight excluding hydrogens is 350 g/mol. The van der Waals surface area contributed by atoms with E-state index in [0.717, 1.165) is 4.47 Å². The van der Waals surface area contributed by atoms with Crippen molar-refractivity contribution in [2.75, 3.05) is 4.72 Å². The van der Waals surface area contributed by atoms with Gasteiger partial charge in [0, 0.05) is 10.2 Å². The second kappa shape index (κ2) is 5.62. The van der Waals surface area contributed by atoms with Crippen LogP contribution in [0.5, 0.6) is 0 Å². The number of rotatable bonds is 4. The highest BCUT2D eigenvalue weighted by atomic mass is 79.9. The Labute approximate surface area is 124 Å². The molecule has 0 aliphatic carbocycles. The average molecular weight is 362 g/mol. The zero-order valence-corrected chi connectivity index (χ0v) is 13.3. The van der Waals surface area contributed by atoms with Gasteiger partial charge in [-0.15, -0.1) is 11.3 Å². The second-order valence-electron chi connectivity index (χ2n) is 3.94. The molecule has 2 rings (SSSR count). The second-order valence-corrected chi connectivity index (χ2v) is 7.44. The van der Waals surface area contributed by atoms with E-state index in [4.69, 9.17) is 0 Å². The van der Waals surface area contributed by atoms with Crippen molar-refractivity contribution in [1.29, 1.82) is 0 Å². The minimum atomic E-state index is -3.68. The Balaban J connectivity index is 2.40. The number of aryl methyl sites for hydroxylation is 1.